The highest BCUT2D eigenvalue weighted by Gasteiger charge is 2.17. The fourth-order valence-corrected chi connectivity index (χ4v) is 1.47. The van der Waals surface area contributed by atoms with E-state index in [2.05, 4.69) is 10.1 Å². The number of aliphatic carboxylic acids is 1. The van der Waals surface area contributed by atoms with E-state index in [4.69, 9.17) is 9.84 Å². The largest absolute Gasteiger partial charge is 0.480 e. The van der Waals surface area contributed by atoms with Crippen molar-refractivity contribution >= 4 is 17.9 Å². The zero-order valence-electron chi connectivity index (χ0n) is 9.81. The topological polar surface area (TPSA) is 114 Å². The molecule has 1 heterocycles. The van der Waals surface area contributed by atoms with Gasteiger partial charge < -0.3 is 19.9 Å². The Morgan fingerprint density at radius 1 is 1.33 bits per heavy atom. The van der Waals surface area contributed by atoms with E-state index in [0.717, 1.165) is 12.8 Å². The molecule has 1 aliphatic heterocycles. The fourth-order valence-electron chi connectivity index (χ4n) is 1.47. The third-order valence-electron chi connectivity index (χ3n) is 2.21. The van der Waals surface area contributed by atoms with Gasteiger partial charge in [0.25, 0.3) is 5.91 Å². The van der Waals surface area contributed by atoms with E-state index < -0.39 is 31.1 Å². The normalized spacial score (nSPS) is 19.0. The molecule has 8 heteroatoms. The lowest BCUT2D eigenvalue weighted by molar-refractivity contribution is -0.143. The van der Waals surface area contributed by atoms with Gasteiger partial charge in [0.05, 0.1) is 12.6 Å². The molecule has 0 aliphatic carbocycles. The second kappa shape index (κ2) is 7.62. The van der Waals surface area contributed by atoms with Crippen molar-refractivity contribution < 1.29 is 29.0 Å². The molecule has 1 rings (SSSR count). The summed E-state index contributed by atoms with van der Waals surface area (Å²) in [6, 6.07) is -0.735. The number of urea groups is 1. The molecule has 1 atom stereocenters. The summed E-state index contributed by atoms with van der Waals surface area (Å²) in [5.41, 5.74) is 0. The Labute approximate surface area is 104 Å². The molecule has 0 radical (unpaired) electrons. The van der Waals surface area contributed by atoms with E-state index in [-0.39, 0.29) is 6.04 Å². The van der Waals surface area contributed by atoms with Crippen LogP contribution in [0.2, 0.25) is 0 Å². The molecular formula is C10H16N2O6. The van der Waals surface area contributed by atoms with Crippen LogP contribution >= 0.6 is 0 Å². The number of hydrogen-bond donors (Lipinski definition) is 3. The Morgan fingerprint density at radius 2 is 2.11 bits per heavy atom. The summed E-state index contributed by atoms with van der Waals surface area (Å²) in [6.07, 6.45) is 1.66. The van der Waals surface area contributed by atoms with Crippen molar-refractivity contribution in [2.45, 2.75) is 18.9 Å². The van der Waals surface area contributed by atoms with Gasteiger partial charge in [-0.15, -0.1) is 0 Å². The number of carboxylic acids is 1. The van der Waals surface area contributed by atoms with Gasteiger partial charge in [0.1, 0.15) is 13.2 Å². The van der Waals surface area contributed by atoms with E-state index in [0.29, 0.717) is 13.2 Å². The first kappa shape index (κ1) is 14.4. The lowest BCUT2D eigenvalue weighted by atomic mass is 10.1. The first-order valence-electron chi connectivity index (χ1n) is 5.55. The zero-order chi connectivity index (χ0) is 13.4. The fraction of sp³-hybridized carbons (Fsp3) is 0.700. The van der Waals surface area contributed by atoms with Crippen molar-refractivity contribution in [3.8, 4) is 0 Å². The monoisotopic (exact) mass is 260 g/mol. The maximum absolute atomic E-state index is 11.3. The molecule has 3 N–H and O–H groups in total. The average molecular weight is 260 g/mol. The summed E-state index contributed by atoms with van der Waals surface area (Å²) >= 11 is 0. The molecule has 1 saturated heterocycles. The number of hydrogen-bond acceptors (Lipinski definition) is 5. The van der Waals surface area contributed by atoms with Gasteiger partial charge in [0, 0.05) is 6.61 Å². The molecule has 0 aromatic rings. The van der Waals surface area contributed by atoms with E-state index >= 15 is 0 Å². The van der Waals surface area contributed by atoms with Gasteiger partial charge >= 0.3 is 12.0 Å². The van der Waals surface area contributed by atoms with Crippen LogP contribution in [0.1, 0.15) is 12.8 Å². The maximum atomic E-state index is 11.3. The Morgan fingerprint density at radius 3 is 2.72 bits per heavy atom. The minimum atomic E-state index is -1.17. The molecule has 0 aromatic heterocycles. The third kappa shape index (κ3) is 6.16. The summed E-state index contributed by atoms with van der Waals surface area (Å²) in [5.74, 6) is -1.86. The summed E-state index contributed by atoms with van der Waals surface area (Å²) in [6.45, 7) is 0.0608. The van der Waals surface area contributed by atoms with Crippen molar-refractivity contribution in [1.82, 2.24) is 10.6 Å². The van der Waals surface area contributed by atoms with Crippen LogP contribution in [0.3, 0.4) is 0 Å². The summed E-state index contributed by atoms with van der Waals surface area (Å²) in [5, 5.41) is 12.9. The van der Waals surface area contributed by atoms with Gasteiger partial charge in [-0.3, -0.25) is 10.1 Å². The highest BCUT2D eigenvalue weighted by molar-refractivity contribution is 5.95. The van der Waals surface area contributed by atoms with Crippen molar-refractivity contribution in [3.63, 3.8) is 0 Å². The summed E-state index contributed by atoms with van der Waals surface area (Å²) in [7, 11) is 0. The van der Waals surface area contributed by atoms with Gasteiger partial charge in [-0.2, -0.15) is 0 Å². The van der Waals surface area contributed by atoms with Crippen LogP contribution in [0.5, 0.6) is 0 Å². The van der Waals surface area contributed by atoms with Gasteiger partial charge in [0.2, 0.25) is 0 Å². The number of nitrogens with one attached hydrogen (secondary N) is 2. The van der Waals surface area contributed by atoms with E-state index in [9.17, 15) is 14.4 Å². The molecule has 1 fully saturated rings. The first-order chi connectivity index (χ1) is 8.58. The van der Waals surface area contributed by atoms with Crippen LogP contribution in [-0.2, 0) is 19.1 Å². The minimum absolute atomic E-state index is 0.105. The molecule has 1 unspecified atom stereocenters. The molecule has 0 bridgehead atoms. The Bertz CT molecular complexity index is 313. The number of carboxylic acid groups (broad SMARTS) is 1. The number of amides is 3. The van der Waals surface area contributed by atoms with Crippen LogP contribution in [0.15, 0.2) is 0 Å². The van der Waals surface area contributed by atoms with Crippen molar-refractivity contribution in [3.05, 3.63) is 0 Å². The predicted octanol–water partition coefficient (Wildman–Crippen LogP) is -0.908. The maximum Gasteiger partial charge on any atom is 0.329 e. The number of carbonyl (C=O) groups excluding carboxylic acids is 2. The number of rotatable bonds is 5. The first-order valence-corrected chi connectivity index (χ1v) is 5.55. The SMILES string of the molecule is O=C(O)COCC(=O)NC(=O)NC1CCCOC1. The Hall–Kier alpha value is -1.67. The summed E-state index contributed by atoms with van der Waals surface area (Å²) in [4.78, 5) is 32.6. The van der Waals surface area contributed by atoms with E-state index in [1.807, 2.05) is 5.32 Å². The Kier molecular flexibility index (Phi) is 6.09. The number of imide groups is 1. The molecule has 0 saturated carbocycles. The molecule has 1 aliphatic rings. The van der Waals surface area contributed by atoms with Crippen LogP contribution in [0.25, 0.3) is 0 Å². The van der Waals surface area contributed by atoms with Crippen LogP contribution in [-0.4, -0.2) is 55.5 Å². The molecule has 0 aromatic carbocycles. The van der Waals surface area contributed by atoms with Gasteiger partial charge in [-0.25, -0.2) is 9.59 Å². The second-order valence-electron chi connectivity index (χ2n) is 3.82. The highest BCUT2D eigenvalue weighted by Crippen LogP contribution is 2.05. The van der Waals surface area contributed by atoms with Gasteiger partial charge in [0.15, 0.2) is 0 Å². The quantitative estimate of drug-likeness (QED) is 0.590. The van der Waals surface area contributed by atoms with Crippen LogP contribution < -0.4 is 10.6 Å². The van der Waals surface area contributed by atoms with Crippen LogP contribution in [0, 0.1) is 0 Å². The lowest BCUT2D eigenvalue weighted by Crippen LogP contribution is -2.48. The lowest BCUT2D eigenvalue weighted by Gasteiger charge is -2.22. The smallest absolute Gasteiger partial charge is 0.329 e. The van der Waals surface area contributed by atoms with Crippen LogP contribution in [0.4, 0.5) is 4.79 Å². The zero-order valence-corrected chi connectivity index (χ0v) is 9.81. The number of ether oxygens (including phenoxy) is 2. The summed E-state index contributed by atoms with van der Waals surface area (Å²) < 4.78 is 9.69. The highest BCUT2D eigenvalue weighted by atomic mass is 16.5. The van der Waals surface area contributed by atoms with Crippen molar-refractivity contribution in [2.24, 2.45) is 0 Å². The molecule has 3 amide bonds. The molecule has 18 heavy (non-hydrogen) atoms. The second-order valence-corrected chi connectivity index (χ2v) is 3.82. The van der Waals surface area contributed by atoms with E-state index in [1.165, 1.54) is 0 Å². The van der Waals surface area contributed by atoms with E-state index in [1.54, 1.807) is 0 Å². The van der Waals surface area contributed by atoms with Gasteiger partial charge in [-0.1, -0.05) is 0 Å². The van der Waals surface area contributed by atoms with Crippen molar-refractivity contribution in [2.75, 3.05) is 26.4 Å². The third-order valence-corrected chi connectivity index (χ3v) is 2.21. The standard InChI is InChI=1S/C10H16N2O6/c13-8(5-18-6-9(14)15)12-10(16)11-7-2-1-3-17-4-7/h7H,1-6H2,(H,14,15)(H2,11,12,13,16). The van der Waals surface area contributed by atoms with Crippen molar-refractivity contribution in [1.29, 1.82) is 0 Å². The number of carbonyl (C=O) groups is 3. The molecule has 8 nitrogen and oxygen atoms in total. The Balaban J connectivity index is 2.14. The average Bonchev–Trinajstić information content (AvgIpc) is 2.29. The predicted molar refractivity (Wildman–Crippen MR) is 59.0 cm³/mol. The molecular weight excluding hydrogens is 244 g/mol. The molecule has 102 valence electrons. The molecule has 0 spiro atoms. The van der Waals surface area contributed by atoms with Gasteiger partial charge in [-0.05, 0) is 12.8 Å². The minimum Gasteiger partial charge on any atom is -0.480 e.